The Kier molecular flexibility index (Phi) is 12.5. The van der Waals surface area contributed by atoms with Crippen LogP contribution >= 0.6 is 0 Å². The molecule has 0 bridgehead atoms. The van der Waals surface area contributed by atoms with E-state index in [4.69, 9.17) is 0 Å². The van der Waals surface area contributed by atoms with Gasteiger partial charge in [-0.2, -0.15) is 18.2 Å². The molecule has 0 atom stereocenters. The van der Waals surface area contributed by atoms with E-state index in [0.29, 0.717) is 0 Å². The van der Waals surface area contributed by atoms with Crippen molar-refractivity contribution >= 4 is 32.7 Å². The zero-order valence-electron chi connectivity index (χ0n) is 12.6. The Morgan fingerprint density at radius 2 is 1.43 bits per heavy atom. The molecule has 0 aliphatic carbocycles. The minimum Gasteiger partial charge on any atom is -1.00 e. The number of fused-ring (bicyclic) bond motifs is 1. The van der Waals surface area contributed by atoms with E-state index in [-0.39, 0.29) is 51.0 Å². The number of hydrogen-bond acceptors (Lipinski definition) is 0. The molecule has 0 aliphatic rings. The van der Waals surface area contributed by atoms with Crippen LogP contribution in [0, 0.1) is 0 Å². The summed E-state index contributed by atoms with van der Waals surface area (Å²) in [6.07, 6.45) is 0. The SMILES string of the molecule is [CH3][Sn]([CH3])([CH3])[c]1cc2ccccc2[cH-]1.[Cl-].[Cl-].[Zr+4].c1cc[cH-]c1. The minimum atomic E-state index is -1.82. The van der Waals surface area contributed by atoms with Gasteiger partial charge < -0.3 is 24.8 Å². The van der Waals surface area contributed by atoms with Gasteiger partial charge in [-0.3, -0.25) is 0 Å². The Hall–Kier alpha value is 0.442. The standard InChI is InChI=1S/C9H6.C5H5.3CH3.2ClH.Sn.Zr/c1-2-5-9-7-3-6-8(9)4-1;1-2-4-5-3-1;;;;;;;/h1-2,4-7H;1-5H;3*1H3;2*1H;;/q2*-1;;;;;;;+4/p-2. The molecule has 0 radical (unpaired) electrons. The summed E-state index contributed by atoms with van der Waals surface area (Å²) in [4.78, 5) is 7.38. The second-order valence-electron chi connectivity index (χ2n) is 5.59. The van der Waals surface area contributed by atoms with Gasteiger partial charge in [0.15, 0.2) is 0 Å². The average molecular weight is 505 g/mol. The normalized spacial score (nSPS) is 9.48. The van der Waals surface area contributed by atoms with Gasteiger partial charge in [-0.05, 0) is 0 Å². The van der Waals surface area contributed by atoms with Gasteiger partial charge in [-0.1, -0.05) is 0 Å². The van der Waals surface area contributed by atoms with E-state index in [0.717, 1.165) is 0 Å². The van der Waals surface area contributed by atoms with E-state index in [2.05, 4.69) is 51.2 Å². The molecular formula is C17H20Cl2SnZr. The summed E-state index contributed by atoms with van der Waals surface area (Å²) in [6.45, 7) is 0. The van der Waals surface area contributed by atoms with Crippen LogP contribution in [0.25, 0.3) is 10.8 Å². The predicted molar refractivity (Wildman–Crippen MR) is 84.6 cm³/mol. The molecule has 0 aliphatic heterocycles. The van der Waals surface area contributed by atoms with Crippen LogP contribution in [0.2, 0.25) is 14.8 Å². The van der Waals surface area contributed by atoms with Crippen molar-refractivity contribution in [1.29, 1.82) is 0 Å². The van der Waals surface area contributed by atoms with Crippen molar-refractivity contribution in [3.63, 3.8) is 0 Å². The topological polar surface area (TPSA) is 0 Å². The molecule has 0 fully saturated rings. The molecule has 21 heavy (non-hydrogen) atoms. The second-order valence-corrected chi connectivity index (χ2v) is 20.1. The molecule has 110 valence electrons. The van der Waals surface area contributed by atoms with E-state index >= 15 is 0 Å². The van der Waals surface area contributed by atoms with Gasteiger partial charge in [-0.25, -0.2) is 12.1 Å². The van der Waals surface area contributed by atoms with Crippen LogP contribution in [-0.4, -0.2) is 18.4 Å². The van der Waals surface area contributed by atoms with Crippen LogP contribution in [0.15, 0.2) is 66.7 Å². The Bertz CT molecular complexity index is 544. The quantitative estimate of drug-likeness (QED) is 0.280. The Morgan fingerprint density at radius 3 is 1.86 bits per heavy atom. The summed E-state index contributed by atoms with van der Waals surface area (Å²) in [5.41, 5.74) is 0. The third kappa shape index (κ3) is 7.50. The third-order valence-electron chi connectivity index (χ3n) is 3.04. The maximum Gasteiger partial charge on any atom is 4.00 e. The van der Waals surface area contributed by atoms with Gasteiger partial charge in [-0.15, -0.1) is 0 Å². The molecule has 0 N–H and O–H groups in total. The van der Waals surface area contributed by atoms with E-state index < -0.39 is 18.4 Å². The molecule has 0 spiro atoms. The molecule has 3 aromatic carbocycles. The van der Waals surface area contributed by atoms with Crippen molar-refractivity contribution < 1.29 is 51.0 Å². The number of halogens is 2. The van der Waals surface area contributed by atoms with Crippen molar-refractivity contribution in [2.24, 2.45) is 0 Å². The Morgan fingerprint density at radius 1 is 0.857 bits per heavy atom. The molecule has 0 aromatic heterocycles. The van der Waals surface area contributed by atoms with Crippen LogP contribution < -0.4 is 28.4 Å². The van der Waals surface area contributed by atoms with E-state index in [1.807, 2.05) is 30.3 Å². The maximum absolute atomic E-state index is 2.46. The molecule has 4 heteroatoms. The summed E-state index contributed by atoms with van der Waals surface area (Å²) in [7, 11) is 0. The summed E-state index contributed by atoms with van der Waals surface area (Å²) < 4.78 is 1.63. The monoisotopic (exact) mass is 504 g/mol. The van der Waals surface area contributed by atoms with Crippen LogP contribution in [0.5, 0.6) is 0 Å². The fourth-order valence-electron chi connectivity index (χ4n) is 1.90. The zero-order chi connectivity index (χ0) is 13.0. The first kappa shape index (κ1) is 23.7. The summed E-state index contributed by atoms with van der Waals surface area (Å²) >= 11 is -1.82. The van der Waals surface area contributed by atoms with Crippen molar-refractivity contribution in [3.8, 4) is 0 Å². The van der Waals surface area contributed by atoms with E-state index in [1.54, 1.807) is 3.58 Å². The Labute approximate surface area is 163 Å². The third-order valence-corrected chi connectivity index (χ3v) is 8.81. The van der Waals surface area contributed by atoms with Gasteiger partial charge in [0, 0.05) is 0 Å². The van der Waals surface area contributed by atoms with E-state index in [1.165, 1.54) is 10.8 Å². The maximum atomic E-state index is 2.46. The van der Waals surface area contributed by atoms with Crippen molar-refractivity contribution in [2.75, 3.05) is 0 Å². The molecular weight excluding hydrogens is 485 g/mol. The predicted octanol–water partition coefficient (Wildman–Crippen LogP) is -1.49. The number of benzene rings is 1. The molecule has 0 nitrogen and oxygen atoms in total. The first-order chi connectivity index (χ1) is 8.57. The molecule has 0 saturated carbocycles. The largest absolute Gasteiger partial charge is 4.00 e. The molecule has 0 amide bonds. The van der Waals surface area contributed by atoms with Crippen molar-refractivity contribution in [3.05, 3.63) is 66.7 Å². The van der Waals surface area contributed by atoms with Gasteiger partial charge in [0.25, 0.3) is 0 Å². The van der Waals surface area contributed by atoms with Gasteiger partial charge >= 0.3 is 110 Å². The van der Waals surface area contributed by atoms with Crippen molar-refractivity contribution in [1.82, 2.24) is 0 Å². The Balaban J connectivity index is 0. The molecule has 0 saturated heterocycles. The van der Waals surface area contributed by atoms with Crippen LogP contribution in [-0.2, 0) is 26.2 Å². The summed E-state index contributed by atoms with van der Waals surface area (Å²) in [5.74, 6) is 0. The molecule has 3 aromatic rings. The second kappa shape index (κ2) is 11.1. The summed E-state index contributed by atoms with van der Waals surface area (Å²) in [5, 5.41) is 2.81. The van der Waals surface area contributed by atoms with Crippen LogP contribution in [0.1, 0.15) is 0 Å². The first-order valence-corrected chi connectivity index (χ1v) is 16.4. The fraction of sp³-hybridized carbons (Fsp3) is 0.176. The smallest absolute Gasteiger partial charge is 1.00 e. The first-order valence-electron chi connectivity index (χ1n) is 6.40. The minimum absolute atomic E-state index is 0. The van der Waals surface area contributed by atoms with Crippen LogP contribution in [0.4, 0.5) is 0 Å². The molecule has 0 heterocycles. The number of hydrogen-bond donors (Lipinski definition) is 0. The van der Waals surface area contributed by atoms with Gasteiger partial charge in [0.2, 0.25) is 0 Å². The fourth-order valence-corrected chi connectivity index (χ4v) is 5.26. The molecule has 0 unspecified atom stereocenters. The molecule has 3 rings (SSSR count). The van der Waals surface area contributed by atoms with Crippen molar-refractivity contribution in [2.45, 2.75) is 14.8 Å². The average Bonchev–Trinajstić information content (AvgIpc) is 3.01. The summed E-state index contributed by atoms with van der Waals surface area (Å²) in [6, 6.07) is 23.4. The number of rotatable bonds is 1. The van der Waals surface area contributed by atoms with Crippen LogP contribution in [0.3, 0.4) is 0 Å². The zero-order valence-corrected chi connectivity index (χ0v) is 19.4. The van der Waals surface area contributed by atoms with Gasteiger partial charge in [0.05, 0.1) is 0 Å². The van der Waals surface area contributed by atoms with Gasteiger partial charge in [0.1, 0.15) is 0 Å². The van der Waals surface area contributed by atoms with E-state index in [9.17, 15) is 0 Å².